The molecule has 0 aliphatic rings. The van der Waals surface area contributed by atoms with Crippen LogP contribution in [0.3, 0.4) is 0 Å². The summed E-state index contributed by atoms with van der Waals surface area (Å²) in [6.07, 6.45) is 16.5. The normalized spacial score (nSPS) is 16.2. The highest BCUT2D eigenvalue weighted by Crippen LogP contribution is 2.43. The molecule has 0 fully saturated rings. The molecule has 0 saturated carbocycles. The zero-order valence-electron chi connectivity index (χ0n) is 21.3. The summed E-state index contributed by atoms with van der Waals surface area (Å²) in [4.78, 5) is 0. The molecular weight excluding hydrogens is 324 g/mol. The lowest BCUT2D eigenvalue weighted by molar-refractivity contribution is 0.0910. The van der Waals surface area contributed by atoms with Gasteiger partial charge < -0.3 is 0 Å². The van der Waals surface area contributed by atoms with E-state index in [2.05, 4.69) is 69.2 Å². The van der Waals surface area contributed by atoms with Gasteiger partial charge in [-0.05, 0) is 29.1 Å². The Morgan fingerprint density at radius 1 is 0.444 bits per heavy atom. The Hall–Kier alpha value is 0. The van der Waals surface area contributed by atoms with Gasteiger partial charge in [0.2, 0.25) is 0 Å². The molecule has 166 valence electrons. The smallest absolute Gasteiger partial charge is 0.0298 e. The monoisotopic (exact) mass is 382 g/mol. The van der Waals surface area contributed by atoms with E-state index in [1.165, 1.54) is 77.0 Å². The molecule has 0 aromatic heterocycles. The quantitative estimate of drug-likeness (QED) is 0.264. The Balaban J connectivity index is 0. The first kappa shape index (κ1) is 29.2. The zero-order valence-corrected chi connectivity index (χ0v) is 21.3. The third-order valence-corrected chi connectivity index (χ3v) is 7.40. The first-order chi connectivity index (χ1) is 12.8. The average Bonchev–Trinajstić information content (AvgIpc) is 2.66. The second-order valence-corrected chi connectivity index (χ2v) is 9.52. The van der Waals surface area contributed by atoms with E-state index < -0.39 is 0 Å². The fraction of sp³-hybridized carbons (Fsp3) is 1.00. The van der Waals surface area contributed by atoms with E-state index in [4.69, 9.17) is 0 Å². The van der Waals surface area contributed by atoms with Crippen molar-refractivity contribution in [2.45, 2.75) is 146 Å². The predicted molar refractivity (Wildman–Crippen MR) is 129 cm³/mol. The van der Waals surface area contributed by atoms with Crippen LogP contribution in [0.15, 0.2) is 0 Å². The Kier molecular flexibility index (Phi) is 19.5. The van der Waals surface area contributed by atoms with Crippen LogP contribution in [0.4, 0.5) is 0 Å². The van der Waals surface area contributed by atoms with Crippen molar-refractivity contribution in [3.63, 3.8) is 0 Å². The first-order valence-corrected chi connectivity index (χ1v) is 12.8. The molecule has 0 saturated heterocycles. The summed E-state index contributed by atoms with van der Waals surface area (Å²) in [5, 5.41) is 0. The molecule has 0 amide bonds. The highest BCUT2D eigenvalue weighted by molar-refractivity contribution is 4.83. The van der Waals surface area contributed by atoms with Crippen LogP contribution in [0, 0.1) is 29.1 Å². The molecular formula is C27H58. The van der Waals surface area contributed by atoms with Gasteiger partial charge in [0.05, 0.1) is 0 Å². The molecule has 4 atom stereocenters. The standard InChI is InChI=1S/C15H32.C12H26/c1-7-11-13(9-3)15(5,6)14(10-4)12-8-2;1-5-9-11(7-3)12(8-4)10-6-2/h13-14H,7-12H2,1-6H3;11-12H,5-10H2,1-4H3. The number of rotatable bonds is 15. The predicted octanol–water partition coefficient (Wildman–Crippen LogP) is 10.3. The van der Waals surface area contributed by atoms with Gasteiger partial charge in [-0.3, -0.25) is 0 Å². The van der Waals surface area contributed by atoms with Crippen molar-refractivity contribution in [3.8, 4) is 0 Å². The molecule has 27 heavy (non-hydrogen) atoms. The number of hydrogen-bond acceptors (Lipinski definition) is 0. The molecule has 0 radical (unpaired) electrons. The maximum atomic E-state index is 2.50. The van der Waals surface area contributed by atoms with Crippen molar-refractivity contribution in [1.29, 1.82) is 0 Å². The molecule has 0 aromatic rings. The summed E-state index contributed by atoms with van der Waals surface area (Å²) < 4.78 is 0. The van der Waals surface area contributed by atoms with Gasteiger partial charge in [-0.2, -0.15) is 0 Å². The van der Waals surface area contributed by atoms with E-state index in [0.717, 1.165) is 23.7 Å². The van der Waals surface area contributed by atoms with Crippen LogP contribution in [-0.2, 0) is 0 Å². The molecule has 0 rings (SSSR count). The minimum atomic E-state index is 0.537. The largest absolute Gasteiger partial charge is 0.0654 e. The lowest BCUT2D eigenvalue weighted by atomic mass is 9.65. The summed E-state index contributed by atoms with van der Waals surface area (Å²) in [7, 11) is 0. The molecule has 0 heterocycles. The molecule has 0 nitrogen and oxygen atoms in total. The van der Waals surface area contributed by atoms with Crippen LogP contribution < -0.4 is 0 Å². The molecule has 0 aromatic carbocycles. The number of hydrogen-bond donors (Lipinski definition) is 0. The van der Waals surface area contributed by atoms with Crippen molar-refractivity contribution in [2.75, 3.05) is 0 Å². The van der Waals surface area contributed by atoms with E-state index in [0.29, 0.717) is 5.41 Å². The fourth-order valence-electron chi connectivity index (χ4n) is 5.52. The van der Waals surface area contributed by atoms with Crippen molar-refractivity contribution < 1.29 is 0 Å². The van der Waals surface area contributed by atoms with E-state index in [-0.39, 0.29) is 0 Å². The molecule has 0 spiro atoms. The third kappa shape index (κ3) is 11.6. The van der Waals surface area contributed by atoms with Gasteiger partial charge >= 0.3 is 0 Å². The maximum absolute atomic E-state index is 2.50. The zero-order chi connectivity index (χ0) is 21.3. The molecule has 0 bridgehead atoms. The summed E-state index contributed by atoms with van der Waals surface area (Å²) in [6.45, 7) is 23.7. The molecule has 0 aliphatic heterocycles. The van der Waals surface area contributed by atoms with Gasteiger partial charge in [0.15, 0.2) is 0 Å². The molecule has 0 heteroatoms. The minimum Gasteiger partial charge on any atom is -0.0654 e. The lowest BCUT2D eigenvalue weighted by Crippen LogP contribution is -2.32. The second kappa shape index (κ2) is 18.1. The summed E-state index contributed by atoms with van der Waals surface area (Å²) in [6, 6.07) is 0. The van der Waals surface area contributed by atoms with Gasteiger partial charge in [0, 0.05) is 0 Å². The second-order valence-electron chi connectivity index (χ2n) is 9.52. The van der Waals surface area contributed by atoms with Gasteiger partial charge in [-0.25, -0.2) is 0 Å². The van der Waals surface area contributed by atoms with E-state index >= 15 is 0 Å². The van der Waals surface area contributed by atoms with E-state index in [1.807, 2.05) is 0 Å². The SMILES string of the molecule is CCCC(CC)C(C)(C)C(CC)CCC.CCCC(CC)C(CC)CCC. The Bertz CT molecular complexity index is 262. The summed E-state index contributed by atoms with van der Waals surface area (Å²) in [5.41, 5.74) is 0.537. The van der Waals surface area contributed by atoms with Crippen molar-refractivity contribution in [2.24, 2.45) is 29.1 Å². The third-order valence-electron chi connectivity index (χ3n) is 7.40. The highest BCUT2D eigenvalue weighted by atomic mass is 14.4. The van der Waals surface area contributed by atoms with E-state index in [1.54, 1.807) is 0 Å². The van der Waals surface area contributed by atoms with Crippen molar-refractivity contribution in [3.05, 3.63) is 0 Å². The van der Waals surface area contributed by atoms with Gasteiger partial charge in [0.1, 0.15) is 0 Å². The summed E-state index contributed by atoms with van der Waals surface area (Å²) in [5.74, 6) is 3.83. The van der Waals surface area contributed by atoms with Crippen molar-refractivity contribution >= 4 is 0 Å². The molecule has 0 N–H and O–H groups in total. The topological polar surface area (TPSA) is 0 Å². The summed E-state index contributed by atoms with van der Waals surface area (Å²) >= 11 is 0. The van der Waals surface area contributed by atoms with Crippen LogP contribution in [0.5, 0.6) is 0 Å². The highest BCUT2D eigenvalue weighted by Gasteiger charge is 2.33. The average molecular weight is 383 g/mol. The van der Waals surface area contributed by atoms with Crippen LogP contribution in [0.25, 0.3) is 0 Å². The van der Waals surface area contributed by atoms with Crippen molar-refractivity contribution in [1.82, 2.24) is 0 Å². The van der Waals surface area contributed by atoms with Gasteiger partial charge in [0.25, 0.3) is 0 Å². The Morgan fingerprint density at radius 2 is 0.741 bits per heavy atom. The Morgan fingerprint density at radius 3 is 0.926 bits per heavy atom. The fourth-order valence-corrected chi connectivity index (χ4v) is 5.52. The maximum Gasteiger partial charge on any atom is -0.0298 e. The van der Waals surface area contributed by atoms with Gasteiger partial charge in [-0.1, -0.05) is 146 Å². The Labute approximate surface area is 175 Å². The van der Waals surface area contributed by atoms with E-state index in [9.17, 15) is 0 Å². The first-order valence-electron chi connectivity index (χ1n) is 12.8. The molecule has 0 aliphatic carbocycles. The van der Waals surface area contributed by atoms with Crippen LogP contribution >= 0.6 is 0 Å². The molecule has 4 unspecified atom stereocenters. The van der Waals surface area contributed by atoms with Crippen LogP contribution in [0.1, 0.15) is 146 Å². The van der Waals surface area contributed by atoms with Crippen LogP contribution in [-0.4, -0.2) is 0 Å². The van der Waals surface area contributed by atoms with Gasteiger partial charge in [-0.15, -0.1) is 0 Å². The minimum absolute atomic E-state index is 0.537. The van der Waals surface area contributed by atoms with Crippen LogP contribution in [0.2, 0.25) is 0 Å². The lowest BCUT2D eigenvalue weighted by Gasteiger charge is -2.41.